The number of nitrogens with zero attached hydrogens (tertiary/aromatic N) is 3. The number of nitrogens with one attached hydrogen (secondary N) is 1. The van der Waals surface area contributed by atoms with Gasteiger partial charge in [0, 0.05) is 24.8 Å². The molecule has 1 fully saturated rings. The van der Waals surface area contributed by atoms with Crippen molar-refractivity contribution >= 4 is 35.1 Å². The normalized spacial score (nSPS) is 17.0. The highest BCUT2D eigenvalue weighted by atomic mass is 32.2. The molecule has 0 atom stereocenters. The molecule has 1 aromatic carbocycles. The van der Waals surface area contributed by atoms with Gasteiger partial charge in [0.1, 0.15) is 5.65 Å². The van der Waals surface area contributed by atoms with E-state index in [1.54, 1.807) is 0 Å². The highest BCUT2D eigenvalue weighted by Crippen LogP contribution is 2.34. The standard InChI is InChI=1S/C24H27N5OS/c25-18-6-1-4-17(14-18)5-3-11-28-12-9-19(10-13-28)27-24(30)21-15-20-16-26-22-7-2-8-23(31-21)29(20)22/h1-2,4,6-8,14-16,19H,3,5,9-13,25H2,(H,27,30). The molecule has 6 nitrogen and oxygen atoms in total. The number of nitrogens with two attached hydrogens (primary N) is 1. The van der Waals surface area contributed by atoms with E-state index in [1.807, 2.05) is 42.6 Å². The summed E-state index contributed by atoms with van der Waals surface area (Å²) in [4.78, 5) is 20.6. The number of aromatic nitrogens is 2. The molecule has 2 aliphatic heterocycles. The van der Waals surface area contributed by atoms with Crippen molar-refractivity contribution in [1.82, 2.24) is 19.6 Å². The van der Waals surface area contributed by atoms with Gasteiger partial charge in [-0.1, -0.05) is 30.0 Å². The number of carbonyl (C=O) groups excluding carboxylic acids is 1. The van der Waals surface area contributed by atoms with Crippen molar-refractivity contribution in [3.63, 3.8) is 0 Å². The monoisotopic (exact) mass is 433 g/mol. The van der Waals surface area contributed by atoms with Gasteiger partial charge in [0.2, 0.25) is 0 Å². The number of aryl methyl sites for hydroxylation is 1. The van der Waals surface area contributed by atoms with E-state index in [9.17, 15) is 4.79 Å². The number of carbonyl (C=O) groups is 1. The lowest BCUT2D eigenvalue weighted by Crippen LogP contribution is -2.45. The summed E-state index contributed by atoms with van der Waals surface area (Å²) in [7, 11) is 0. The van der Waals surface area contributed by atoms with Gasteiger partial charge in [0.05, 0.1) is 21.8 Å². The predicted molar refractivity (Wildman–Crippen MR) is 126 cm³/mol. The summed E-state index contributed by atoms with van der Waals surface area (Å²) in [5.41, 5.74) is 9.88. The number of nitrogen functional groups attached to an aromatic ring is 1. The van der Waals surface area contributed by atoms with E-state index in [0.29, 0.717) is 0 Å². The summed E-state index contributed by atoms with van der Waals surface area (Å²) in [6.07, 6.45) is 7.94. The Morgan fingerprint density at radius 3 is 2.87 bits per heavy atom. The molecule has 1 saturated heterocycles. The molecular formula is C24H27N5OS. The Kier molecular flexibility index (Phi) is 5.70. The summed E-state index contributed by atoms with van der Waals surface area (Å²) < 4.78 is 2.09. The molecule has 1 amide bonds. The molecule has 0 aliphatic carbocycles. The first-order valence-electron chi connectivity index (χ1n) is 10.9. The highest BCUT2D eigenvalue weighted by Gasteiger charge is 2.24. The third kappa shape index (κ3) is 4.48. The van der Waals surface area contributed by atoms with E-state index >= 15 is 0 Å². The van der Waals surface area contributed by atoms with Crippen LogP contribution >= 0.6 is 11.8 Å². The van der Waals surface area contributed by atoms with Crippen molar-refractivity contribution in [2.75, 3.05) is 25.4 Å². The molecule has 0 unspecified atom stereocenters. The molecule has 0 saturated carbocycles. The number of amides is 1. The van der Waals surface area contributed by atoms with Crippen LogP contribution in [-0.4, -0.2) is 45.9 Å². The van der Waals surface area contributed by atoms with Crippen molar-refractivity contribution in [3.8, 4) is 0 Å². The average Bonchev–Trinajstić information content (AvgIpc) is 3.20. The number of imidazole rings is 1. The second kappa shape index (κ2) is 8.77. The molecule has 3 aromatic rings. The molecule has 0 bridgehead atoms. The summed E-state index contributed by atoms with van der Waals surface area (Å²) in [5, 5.41) is 4.29. The Hall–Kier alpha value is -2.77. The number of benzene rings is 1. The molecule has 7 heteroatoms. The van der Waals surface area contributed by atoms with Gasteiger partial charge in [-0.3, -0.25) is 9.20 Å². The first-order chi connectivity index (χ1) is 15.2. The van der Waals surface area contributed by atoms with Gasteiger partial charge in [-0.2, -0.15) is 0 Å². The zero-order valence-electron chi connectivity index (χ0n) is 17.5. The van der Waals surface area contributed by atoms with Crippen LogP contribution in [0.2, 0.25) is 0 Å². The number of hydrogen-bond acceptors (Lipinski definition) is 5. The van der Waals surface area contributed by atoms with Gasteiger partial charge >= 0.3 is 0 Å². The van der Waals surface area contributed by atoms with E-state index in [-0.39, 0.29) is 11.9 Å². The second-order valence-electron chi connectivity index (χ2n) is 8.29. The maximum absolute atomic E-state index is 12.9. The Balaban J connectivity index is 1.10. The molecule has 0 spiro atoms. The Labute approximate surface area is 186 Å². The number of anilines is 1. The van der Waals surface area contributed by atoms with E-state index in [1.165, 1.54) is 17.3 Å². The van der Waals surface area contributed by atoms with Crippen LogP contribution in [0.3, 0.4) is 0 Å². The minimum atomic E-state index is 0.0227. The molecule has 160 valence electrons. The molecule has 5 rings (SSSR count). The predicted octanol–water partition coefficient (Wildman–Crippen LogP) is 3.58. The lowest BCUT2D eigenvalue weighted by atomic mass is 10.0. The van der Waals surface area contributed by atoms with Gasteiger partial charge < -0.3 is 16.0 Å². The highest BCUT2D eigenvalue weighted by molar-refractivity contribution is 8.04. The Bertz CT molecular complexity index is 1130. The number of hydrogen-bond donors (Lipinski definition) is 2. The van der Waals surface area contributed by atoms with Crippen molar-refractivity contribution < 1.29 is 4.79 Å². The lowest BCUT2D eigenvalue weighted by molar-refractivity contribution is -0.117. The van der Waals surface area contributed by atoms with Crippen molar-refractivity contribution in [2.24, 2.45) is 0 Å². The first-order valence-corrected chi connectivity index (χ1v) is 11.7. The maximum atomic E-state index is 12.9. The number of piperidine rings is 1. The minimum Gasteiger partial charge on any atom is -0.399 e. The summed E-state index contributed by atoms with van der Waals surface area (Å²) >= 11 is 1.51. The van der Waals surface area contributed by atoms with Crippen LogP contribution in [0.4, 0.5) is 5.69 Å². The first kappa shape index (κ1) is 20.2. The van der Waals surface area contributed by atoms with Crippen molar-refractivity contribution in [3.05, 3.63) is 64.8 Å². The molecule has 3 N–H and O–H groups in total. The number of pyridine rings is 1. The van der Waals surface area contributed by atoms with Crippen molar-refractivity contribution in [1.29, 1.82) is 0 Å². The van der Waals surface area contributed by atoms with Gasteiger partial charge in [-0.25, -0.2) is 4.98 Å². The minimum absolute atomic E-state index is 0.0227. The molecule has 2 aromatic heterocycles. The van der Waals surface area contributed by atoms with E-state index in [4.69, 9.17) is 5.73 Å². The van der Waals surface area contributed by atoms with Crippen LogP contribution in [0, 0.1) is 0 Å². The smallest absolute Gasteiger partial charge is 0.258 e. The van der Waals surface area contributed by atoms with Crippen LogP contribution in [0.25, 0.3) is 11.7 Å². The van der Waals surface area contributed by atoms with Gasteiger partial charge in [0.15, 0.2) is 0 Å². The molecule has 31 heavy (non-hydrogen) atoms. The summed E-state index contributed by atoms with van der Waals surface area (Å²) in [5.74, 6) is 0.0227. The quantitative estimate of drug-likeness (QED) is 0.581. The number of likely N-dealkylation sites (tertiary alicyclic amines) is 1. The largest absolute Gasteiger partial charge is 0.399 e. The fourth-order valence-corrected chi connectivity index (χ4v) is 5.40. The summed E-state index contributed by atoms with van der Waals surface area (Å²) in [6.45, 7) is 3.14. The lowest BCUT2D eigenvalue weighted by Gasteiger charge is -2.32. The molecule has 4 heterocycles. The van der Waals surface area contributed by atoms with E-state index < -0.39 is 0 Å². The van der Waals surface area contributed by atoms with E-state index in [0.717, 1.165) is 72.3 Å². The van der Waals surface area contributed by atoms with Crippen molar-refractivity contribution in [2.45, 2.75) is 36.8 Å². The van der Waals surface area contributed by atoms with Crippen LogP contribution in [0.15, 0.2) is 58.6 Å². The second-order valence-corrected chi connectivity index (χ2v) is 9.35. The molecule has 2 aliphatic rings. The fourth-order valence-electron chi connectivity index (χ4n) is 4.41. The van der Waals surface area contributed by atoms with Gasteiger partial charge in [-0.15, -0.1) is 0 Å². The third-order valence-corrected chi connectivity index (χ3v) is 7.10. The number of thioether (sulfide) groups is 1. The molecule has 0 radical (unpaired) electrons. The topological polar surface area (TPSA) is 75.7 Å². The van der Waals surface area contributed by atoms with Crippen LogP contribution in [-0.2, 0) is 11.2 Å². The zero-order valence-corrected chi connectivity index (χ0v) is 18.3. The van der Waals surface area contributed by atoms with Gasteiger partial charge in [0.25, 0.3) is 5.91 Å². The average molecular weight is 434 g/mol. The van der Waals surface area contributed by atoms with Gasteiger partial charge in [-0.05, 0) is 68.1 Å². The van der Waals surface area contributed by atoms with Crippen LogP contribution in [0.1, 0.15) is 30.5 Å². The number of rotatable bonds is 6. The SMILES string of the molecule is Nc1cccc(CCCN2CCC(NC(=O)C3=Cc4cnc5cccc(n45)S3)CC2)c1. The fraction of sp³-hybridized carbons (Fsp3) is 0.333. The molecular weight excluding hydrogens is 406 g/mol. The third-order valence-electron chi connectivity index (χ3n) is 6.05. The Morgan fingerprint density at radius 1 is 1.19 bits per heavy atom. The summed E-state index contributed by atoms with van der Waals surface area (Å²) in [6, 6.07) is 14.4. The van der Waals surface area contributed by atoms with Crippen LogP contribution in [0.5, 0.6) is 0 Å². The maximum Gasteiger partial charge on any atom is 0.258 e. The van der Waals surface area contributed by atoms with Crippen LogP contribution < -0.4 is 11.1 Å². The van der Waals surface area contributed by atoms with E-state index in [2.05, 4.69) is 31.7 Å². The zero-order chi connectivity index (χ0) is 21.2. The Morgan fingerprint density at radius 2 is 2.03 bits per heavy atom.